The summed E-state index contributed by atoms with van der Waals surface area (Å²) in [4.78, 5) is 11.9. The third-order valence-corrected chi connectivity index (χ3v) is 2.80. The molecule has 0 aromatic heterocycles. The SMILES string of the molecule is O=C(Nc1ccccc1F)c1ccc(CCl)cc1. The molecule has 0 radical (unpaired) electrons. The molecule has 0 spiro atoms. The van der Waals surface area contributed by atoms with E-state index in [2.05, 4.69) is 5.32 Å². The highest BCUT2D eigenvalue weighted by Gasteiger charge is 2.08. The second-order valence-electron chi connectivity index (χ2n) is 3.76. The van der Waals surface area contributed by atoms with E-state index in [1.54, 1.807) is 36.4 Å². The van der Waals surface area contributed by atoms with Crippen molar-refractivity contribution >= 4 is 23.2 Å². The number of anilines is 1. The van der Waals surface area contributed by atoms with Gasteiger partial charge < -0.3 is 5.32 Å². The molecule has 0 saturated heterocycles. The van der Waals surface area contributed by atoms with E-state index in [0.29, 0.717) is 11.4 Å². The standard InChI is InChI=1S/C14H11ClFNO/c15-9-10-5-7-11(8-6-10)14(18)17-13-4-2-1-3-12(13)16/h1-8H,9H2,(H,17,18). The number of para-hydroxylation sites is 1. The molecule has 0 saturated carbocycles. The van der Waals surface area contributed by atoms with Crippen LogP contribution in [0.25, 0.3) is 0 Å². The van der Waals surface area contributed by atoms with Crippen LogP contribution in [-0.4, -0.2) is 5.91 Å². The fraction of sp³-hybridized carbons (Fsp3) is 0.0714. The monoisotopic (exact) mass is 263 g/mol. The molecule has 18 heavy (non-hydrogen) atoms. The largest absolute Gasteiger partial charge is 0.319 e. The van der Waals surface area contributed by atoms with E-state index in [4.69, 9.17) is 11.6 Å². The predicted molar refractivity (Wildman–Crippen MR) is 70.4 cm³/mol. The van der Waals surface area contributed by atoms with Crippen molar-refractivity contribution in [2.45, 2.75) is 5.88 Å². The molecule has 0 atom stereocenters. The minimum Gasteiger partial charge on any atom is -0.319 e. The molecule has 2 nitrogen and oxygen atoms in total. The third-order valence-electron chi connectivity index (χ3n) is 2.49. The van der Waals surface area contributed by atoms with Crippen LogP contribution in [0.4, 0.5) is 10.1 Å². The van der Waals surface area contributed by atoms with E-state index in [-0.39, 0.29) is 11.6 Å². The van der Waals surface area contributed by atoms with Crippen molar-refractivity contribution in [2.75, 3.05) is 5.32 Å². The first-order valence-corrected chi connectivity index (χ1v) is 5.95. The maximum atomic E-state index is 13.4. The van der Waals surface area contributed by atoms with Gasteiger partial charge in [-0.15, -0.1) is 11.6 Å². The molecule has 2 aromatic rings. The smallest absolute Gasteiger partial charge is 0.255 e. The molecule has 0 fully saturated rings. The first kappa shape index (κ1) is 12.6. The minimum atomic E-state index is -0.455. The Bertz CT molecular complexity index is 554. The molecule has 0 aliphatic carbocycles. The number of nitrogens with one attached hydrogen (secondary N) is 1. The van der Waals surface area contributed by atoms with E-state index in [1.165, 1.54) is 12.1 Å². The van der Waals surface area contributed by atoms with E-state index >= 15 is 0 Å². The summed E-state index contributed by atoms with van der Waals surface area (Å²) in [6, 6.07) is 12.9. The Labute approximate surface area is 109 Å². The molecule has 0 bridgehead atoms. The highest BCUT2D eigenvalue weighted by molar-refractivity contribution is 6.17. The molecule has 92 valence electrons. The molecule has 2 aromatic carbocycles. The van der Waals surface area contributed by atoms with Gasteiger partial charge in [0.15, 0.2) is 0 Å². The summed E-state index contributed by atoms with van der Waals surface area (Å²) in [7, 11) is 0. The fourth-order valence-corrected chi connectivity index (χ4v) is 1.68. The van der Waals surface area contributed by atoms with Gasteiger partial charge in [0, 0.05) is 11.4 Å². The Morgan fingerprint density at radius 1 is 1.11 bits per heavy atom. The number of carbonyl (C=O) groups is 1. The molecular formula is C14H11ClFNO. The summed E-state index contributed by atoms with van der Waals surface area (Å²) in [5, 5.41) is 2.52. The second kappa shape index (κ2) is 5.65. The van der Waals surface area contributed by atoms with E-state index in [1.807, 2.05) is 0 Å². The van der Waals surface area contributed by atoms with Crippen molar-refractivity contribution in [1.82, 2.24) is 0 Å². The number of amides is 1. The van der Waals surface area contributed by atoms with Gasteiger partial charge in [-0.25, -0.2) is 4.39 Å². The quantitative estimate of drug-likeness (QED) is 0.838. The number of carbonyl (C=O) groups excluding carboxylic acids is 1. The molecule has 0 unspecified atom stereocenters. The first-order chi connectivity index (χ1) is 8.70. The van der Waals surface area contributed by atoms with Gasteiger partial charge in [-0.3, -0.25) is 4.79 Å². The number of alkyl halides is 1. The maximum Gasteiger partial charge on any atom is 0.255 e. The van der Waals surface area contributed by atoms with Crippen molar-refractivity contribution in [3.63, 3.8) is 0 Å². The summed E-state index contributed by atoms with van der Waals surface area (Å²) in [5.74, 6) is -0.403. The van der Waals surface area contributed by atoms with Crippen molar-refractivity contribution < 1.29 is 9.18 Å². The summed E-state index contributed by atoms with van der Waals surface area (Å²) in [5.41, 5.74) is 1.56. The lowest BCUT2D eigenvalue weighted by Gasteiger charge is -2.06. The van der Waals surface area contributed by atoms with E-state index in [0.717, 1.165) is 5.56 Å². The normalized spacial score (nSPS) is 10.1. The van der Waals surface area contributed by atoms with Crippen LogP contribution in [0.2, 0.25) is 0 Å². The van der Waals surface area contributed by atoms with Gasteiger partial charge in [-0.1, -0.05) is 24.3 Å². The zero-order valence-corrected chi connectivity index (χ0v) is 10.2. The van der Waals surface area contributed by atoms with Gasteiger partial charge in [0.05, 0.1) is 5.69 Å². The minimum absolute atomic E-state index is 0.170. The Balaban J connectivity index is 2.14. The van der Waals surface area contributed by atoms with Gasteiger partial charge in [-0.05, 0) is 29.8 Å². The molecular weight excluding hydrogens is 253 g/mol. The van der Waals surface area contributed by atoms with Gasteiger partial charge in [0.2, 0.25) is 0 Å². The molecule has 4 heteroatoms. The van der Waals surface area contributed by atoms with Gasteiger partial charge >= 0.3 is 0 Å². The molecule has 0 aliphatic heterocycles. The topological polar surface area (TPSA) is 29.1 Å². The molecule has 1 amide bonds. The Hall–Kier alpha value is -1.87. The number of halogens is 2. The summed E-state index contributed by atoms with van der Waals surface area (Å²) in [6.07, 6.45) is 0. The van der Waals surface area contributed by atoms with E-state index in [9.17, 15) is 9.18 Å². The zero-order chi connectivity index (χ0) is 13.0. The Kier molecular flexibility index (Phi) is 3.95. The highest BCUT2D eigenvalue weighted by atomic mass is 35.5. The summed E-state index contributed by atoms with van der Waals surface area (Å²) in [6.45, 7) is 0. The number of rotatable bonds is 3. The lowest BCUT2D eigenvalue weighted by atomic mass is 10.1. The Morgan fingerprint density at radius 3 is 2.39 bits per heavy atom. The maximum absolute atomic E-state index is 13.4. The van der Waals surface area contributed by atoms with Crippen molar-refractivity contribution in [2.24, 2.45) is 0 Å². The molecule has 0 heterocycles. The highest BCUT2D eigenvalue weighted by Crippen LogP contribution is 2.14. The van der Waals surface area contributed by atoms with E-state index < -0.39 is 5.82 Å². The number of hydrogen-bond acceptors (Lipinski definition) is 1. The summed E-state index contributed by atoms with van der Waals surface area (Å²) < 4.78 is 13.4. The second-order valence-corrected chi connectivity index (χ2v) is 4.03. The van der Waals surface area contributed by atoms with Crippen LogP contribution < -0.4 is 5.32 Å². The van der Waals surface area contributed by atoms with Crippen molar-refractivity contribution in [3.8, 4) is 0 Å². The fourth-order valence-electron chi connectivity index (χ4n) is 1.50. The van der Waals surface area contributed by atoms with Gasteiger partial charge in [0.25, 0.3) is 5.91 Å². The summed E-state index contributed by atoms with van der Waals surface area (Å²) >= 11 is 5.66. The average Bonchev–Trinajstić information content (AvgIpc) is 2.41. The van der Waals surface area contributed by atoms with Crippen LogP contribution in [0.1, 0.15) is 15.9 Å². The molecule has 0 aliphatic rings. The lowest BCUT2D eigenvalue weighted by Crippen LogP contribution is -2.12. The predicted octanol–water partition coefficient (Wildman–Crippen LogP) is 3.82. The van der Waals surface area contributed by atoms with Crippen LogP contribution in [0.3, 0.4) is 0 Å². The van der Waals surface area contributed by atoms with Crippen molar-refractivity contribution in [1.29, 1.82) is 0 Å². The van der Waals surface area contributed by atoms with Crippen LogP contribution >= 0.6 is 11.6 Å². The molecule has 1 N–H and O–H groups in total. The third kappa shape index (κ3) is 2.87. The van der Waals surface area contributed by atoms with Crippen LogP contribution in [0.5, 0.6) is 0 Å². The molecule has 2 rings (SSSR count). The van der Waals surface area contributed by atoms with Crippen LogP contribution in [-0.2, 0) is 5.88 Å². The zero-order valence-electron chi connectivity index (χ0n) is 9.49. The van der Waals surface area contributed by atoms with Gasteiger partial charge in [0.1, 0.15) is 5.82 Å². The lowest BCUT2D eigenvalue weighted by molar-refractivity contribution is 0.102. The first-order valence-electron chi connectivity index (χ1n) is 5.41. The number of benzene rings is 2. The average molecular weight is 264 g/mol. The Morgan fingerprint density at radius 2 is 1.78 bits per heavy atom. The van der Waals surface area contributed by atoms with Crippen LogP contribution in [0.15, 0.2) is 48.5 Å². The van der Waals surface area contributed by atoms with Crippen molar-refractivity contribution in [3.05, 3.63) is 65.5 Å². The number of hydrogen-bond donors (Lipinski definition) is 1. The van der Waals surface area contributed by atoms with Crippen LogP contribution in [0, 0.1) is 5.82 Å². The van der Waals surface area contributed by atoms with Gasteiger partial charge in [-0.2, -0.15) is 0 Å².